The fourth-order valence-electron chi connectivity index (χ4n) is 3.75. The largest absolute Gasteiger partial charge is 0.497 e. The SMILES string of the molecule is CCCCN1C(=O)C[C@H](C(=O)NCc2ccc(Cl)cc2)[C@H]1c1ccc(OC)cc1. The van der Waals surface area contributed by atoms with Gasteiger partial charge in [-0.15, -0.1) is 0 Å². The summed E-state index contributed by atoms with van der Waals surface area (Å²) in [5.74, 6) is 0.265. The van der Waals surface area contributed by atoms with E-state index in [0.29, 0.717) is 18.1 Å². The van der Waals surface area contributed by atoms with Gasteiger partial charge in [-0.3, -0.25) is 9.59 Å². The van der Waals surface area contributed by atoms with Gasteiger partial charge in [-0.2, -0.15) is 0 Å². The fourth-order valence-corrected chi connectivity index (χ4v) is 3.88. The molecule has 2 amide bonds. The van der Waals surface area contributed by atoms with Crippen LogP contribution in [0.15, 0.2) is 48.5 Å². The molecule has 0 aromatic heterocycles. The van der Waals surface area contributed by atoms with Gasteiger partial charge >= 0.3 is 0 Å². The average Bonchev–Trinajstić information content (AvgIpc) is 3.07. The molecule has 3 rings (SSSR count). The third-order valence-corrected chi connectivity index (χ3v) is 5.61. The molecule has 2 atom stereocenters. The molecule has 1 aliphatic rings. The Labute approximate surface area is 177 Å². The first-order chi connectivity index (χ1) is 14.0. The molecular weight excluding hydrogens is 388 g/mol. The average molecular weight is 415 g/mol. The van der Waals surface area contributed by atoms with Crippen molar-refractivity contribution in [3.05, 3.63) is 64.7 Å². The van der Waals surface area contributed by atoms with Crippen molar-refractivity contribution in [3.8, 4) is 5.75 Å². The molecule has 0 saturated carbocycles. The highest BCUT2D eigenvalue weighted by Crippen LogP contribution is 2.39. The molecular formula is C23H27ClN2O3. The molecule has 1 heterocycles. The lowest BCUT2D eigenvalue weighted by Crippen LogP contribution is -2.35. The number of halogens is 1. The van der Waals surface area contributed by atoms with Crippen LogP contribution in [0.5, 0.6) is 5.75 Å². The molecule has 2 aromatic rings. The minimum atomic E-state index is -0.417. The second kappa shape index (κ2) is 9.79. The summed E-state index contributed by atoms with van der Waals surface area (Å²) in [5.41, 5.74) is 1.93. The summed E-state index contributed by atoms with van der Waals surface area (Å²) in [5, 5.41) is 3.65. The van der Waals surface area contributed by atoms with E-state index in [4.69, 9.17) is 16.3 Å². The Morgan fingerprint density at radius 3 is 2.48 bits per heavy atom. The van der Waals surface area contributed by atoms with Crippen molar-refractivity contribution in [2.75, 3.05) is 13.7 Å². The van der Waals surface area contributed by atoms with Crippen LogP contribution in [0.3, 0.4) is 0 Å². The Kier molecular flexibility index (Phi) is 7.15. The van der Waals surface area contributed by atoms with Crippen LogP contribution in [0.2, 0.25) is 5.02 Å². The normalized spacial score (nSPS) is 18.7. The van der Waals surface area contributed by atoms with Crippen molar-refractivity contribution >= 4 is 23.4 Å². The monoisotopic (exact) mass is 414 g/mol. The minimum Gasteiger partial charge on any atom is -0.497 e. The summed E-state index contributed by atoms with van der Waals surface area (Å²) >= 11 is 5.92. The number of likely N-dealkylation sites (tertiary alicyclic amines) is 1. The third kappa shape index (κ3) is 5.10. The van der Waals surface area contributed by atoms with Crippen LogP contribution in [0.4, 0.5) is 0 Å². The van der Waals surface area contributed by atoms with Crippen molar-refractivity contribution in [3.63, 3.8) is 0 Å². The number of methoxy groups -OCH3 is 1. The number of ether oxygens (including phenoxy) is 1. The first-order valence-electron chi connectivity index (χ1n) is 9.99. The number of benzene rings is 2. The Morgan fingerprint density at radius 2 is 1.86 bits per heavy atom. The molecule has 1 N–H and O–H groups in total. The van der Waals surface area contributed by atoms with Crippen molar-refractivity contribution in [1.29, 1.82) is 0 Å². The molecule has 1 aliphatic heterocycles. The highest BCUT2D eigenvalue weighted by molar-refractivity contribution is 6.30. The Balaban J connectivity index is 1.78. The number of hydrogen-bond donors (Lipinski definition) is 1. The smallest absolute Gasteiger partial charge is 0.226 e. The zero-order valence-corrected chi connectivity index (χ0v) is 17.6. The number of hydrogen-bond acceptors (Lipinski definition) is 3. The van der Waals surface area contributed by atoms with Gasteiger partial charge in [-0.05, 0) is 41.8 Å². The summed E-state index contributed by atoms with van der Waals surface area (Å²) in [6.45, 7) is 3.16. The second-order valence-corrected chi connectivity index (χ2v) is 7.75. The van der Waals surface area contributed by atoms with Crippen molar-refractivity contribution in [1.82, 2.24) is 10.2 Å². The maximum atomic E-state index is 13.0. The standard InChI is InChI=1S/C23H27ClN2O3/c1-3-4-13-26-21(27)14-20(22(26)17-7-11-19(29-2)12-8-17)23(28)25-15-16-5-9-18(24)10-6-16/h5-12,20,22H,3-4,13-15H2,1-2H3,(H,25,28)/t20-,22+/m0/s1. The highest BCUT2D eigenvalue weighted by atomic mass is 35.5. The van der Waals surface area contributed by atoms with Crippen LogP contribution in [0, 0.1) is 5.92 Å². The summed E-state index contributed by atoms with van der Waals surface area (Å²) in [7, 11) is 1.62. The molecule has 1 fully saturated rings. The van der Waals surface area contributed by atoms with Crippen LogP contribution in [0.25, 0.3) is 0 Å². The number of nitrogens with one attached hydrogen (secondary N) is 1. The van der Waals surface area contributed by atoms with Gasteiger partial charge < -0.3 is 15.0 Å². The van der Waals surface area contributed by atoms with Crippen LogP contribution < -0.4 is 10.1 Å². The van der Waals surface area contributed by atoms with Gasteiger partial charge in [0.15, 0.2) is 0 Å². The van der Waals surface area contributed by atoms with Crippen molar-refractivity contribution in [2.45, 2.75) is 38.8 Å². The molecule has 1 saturated heterocycles. The van der Waals surface area contributed by atoms with Crippen LogP contribution in [-0.2, 0) is 16.1 Å². The summed E-state index contributed by atoms with van der Waals surface area (Å²) < 4.78 is 5.25. The van der Waals surface area contributed by atoms with Crippen molar-refractivity contribution in [2.24, 2.45) is 5.92 Å². The number of nitrogens with zero attached hydrogens (tertiary/aromatic N) is 1. The van der Waals surface area contributed by atoms with E-state index in [1.165, 1.54) is 0 Å². The lowest BCUT2D eigenvalue weighted by Gasteiger charge is -2.28. The Hall–Kier alpha value is -2.53. The van der Waals surface area contributed by atoms with Gasteiger partial charge in [-0.1, -0.05) is 49.2 Å². The Bertz CT molecular complexity index is 836. The number of amides is 2. The van der Waals surface area contributed by atoms with Gasteiger partial charge in [0.25, 0.3) is 0 Å². The van der Waals surface area contributed by atoms with Gasteiger partial charge in [0.05, 0.1) is 19.1 Å². The van der Waals surface area contributed by atoms with E-state index >= 15 is 0 Å². The second-order valence-electron chi connectivity index (χ2n) is 7.31. The fraction of sp³-hybridized carbons (Fsp3) is 0.391. The number of rotatable bonds is 8. The first-order valence-corrected chi connectivity index (χ1v) is 10.4. The van der Waals surface area contributed by atoms with Crippen LogP contribution in [0.1, 0.15) is 43.4 Å². The van der Waals surface area contributed by atoms with E-state index in [-0.39, 0.29) is 24.3 Å². The predicted octanol–water partition coefficient (Wildman–Crippen LogP) is 4.35. The molecule has 154 valence electrons. The first kappa shape index (κ1) is 21.2. The van der Waals surface area contributed by atoms with E-state index in [0.717, 1.165) is 29.7 Å². The zero-order valence-electron chi connectivity index (χ0n) is 16.9. The van der Waals surface area contributed by atoms with Gasteiger partial charge in [0, 0.05) is 24.5 Å². The maximum Gasteiger partial charge on any atom is 0.226 e. The molecule has 29 heavy (non-hydrogen) atoms. The van der Waals surface area contributed by atoms with Crippen molar-refractivity contribution < 1.29 is 14.3 Å². The summed E-state index contributed by atoms with van der Waals surface area (Å²) in [4.78, 5) is 27.6. The van der Waals surface area contributed by atoms with Gasteiger partial charge in [0.1, 0.15) is 5.75 Å². The van der Waals surface area contributed by atoms with E-state index < -0.39 is 5.92 Å². The van der Waals surface area contributed by atoms with E-state index in [9.17, 15) is 9.59 Å². The predicted molar refractivity (Wildman–Crippen MR) is 114 cm³/mol. The highest BCUT2D eigenvalue weighted by Gasteiger charge is 2.44. The minimum absolute atomic E-state index is 0.0333. The van der Waals surface area contributed by atoms with E-state index in [1.54, 1.807) is 19.2 Å². The molecule has 0 spiro atoms. The lowest BCUT2D eigenvalue weighted by molar-refractivity contribution is -0.129. The maximum absolute atomic E-state index is 13.0. The molecule has 0 aliphatic carbocycles. The van der Waals surface area contributed by atoms with Gasteiger partial charge in [0.2, 0.25) is 11.8 Å². The molecule has 5 nitrogen and oxygen atoms in total. The quantitative estimate of drug-likeness (QED) is 0.698. The van der Waals surface area contributed by atoms with E-state index in [2.05, 4.69) is 12.2 Å². The molecule has 0 bridgehead atoms. The molecule has 0 radical (unpaired) electrons. The molecule has 6 heteroatoms. The number of unbranched alkanes of at least 4 members (excludes halogenated alkanes) is 1. The summed E-state index contributed by atoms with van der Waals surface area (Å²) in [6.07, 6.45) is 2.14. The number of carbonyl (C=O) groups is 2. The zero-order chi connectivity index (χ0) is 20.8. The third-order valence-electron chi connectivity index (χ3n) is 5.36. The number of carbonyl (C=O) groups excluding carboxylic acids is 2. The van der Waals surface area contributed by atoms with Crippen LogP contribution >= 0.6 is 11.6 Å². The molecule has 2 aromatic carbocycles. The van der Waals surface area contributed by atoms with Crippen LogP contribution in [-0.4, -0.2) is 30.4 Å². The Morgan fingerprint density at radius 1 is 1.17 bits per heavy atom. The van der Waals surface area contributed by atoms with E-state index in [1.807, 2.05) is 41.3 Å². The van der Waals surface area contributed by atoms with Gasteiger partial charge in [-0.25, -0.2) is 0 Å². The lowest BCUT2D eigenvalue weighted by atomic mass is 9.92. The summed E-state index contributed by atoms with van der Waals surface area (Å²) in [6, 6.07) is 14.8. The topological polar surface area (TPSA) is 58.6 Å². The molecule has 0 unspecified atom stereocenters.